The van der Waals surface area contributed by atoms with Gasteiger partial charge in [-0.25, -0.2) is 5.43 Å². The summed E-state index contributed by atoms with van der Waals surface area (Å²) in [4.78, 5) is 12.2. The first kappa shape index (κ1) is 15.7. The number of aromatic hydroxyl groups is 1. The van der Waals surface area contributed by atoms with Crippen LogP contribution in [0.1, 0.15) is 22.8 Å². The summed E-state index contributed by atoms with van der Waals surface area (Å²) in [6, 6.07) is 9.73. The minimum Gasteiger partial charge on any atom is -0.507 e. The molecule has 0 saturated heterocycles. The van der Waals surface area contributed by atoms with E-state index in [4.69, 9.17) is 14.2 Å². The standard InChI is InChI=1S/C17H16N2O5/c1-10(13-5-4-12(22-2)8-14(13)20)18-19-17(21)11-3-6-15-16(7-11)24-9-23-15/h3-8,20H,9H2,1-2H3,(H,19,21)/b18-10+. The summed E-state index contributed by atoms with van der Waals surface area (Å²) in [5.74, 6) is 1.30. The molecule has 7 nitrogen and oxygen atoms in total. The molecule has 3 rings (SSSR count). The molecule has 0 unspecified atom stereocenters. The van der Waals surface area contributed by atoms with Crippen molar-refractivity contribution in [1.29, 1.82) is 0 Å². The fourth-order valence-electron chi connectivity index (χ4n) is 2.24. The second kappa shape index (κ2) is 6.49. The van der Waals surface area contributed by atoms with Crippen LogP contribution in [0.25, 0.3) is 0 Å². The van der Waals surface area contributed by atoms with Crippen LogP contribution in [0.2, 0.25) is 0 Å². The van der Waals surface area contributed by atoms with E-state index in [2.05, 4.69) is 10.5 Å². The molecular formula is C17H16N2O5. The summed E-state index contributed by atoms with van der Waals surface area (Å²) in [5.41, 5.74) is 3.82. The highest BCUT2D eigenvalue weighted by atomic mass is 16.7. The molecule has 1 heterocycles. The van der Waals surface area contributed by atoms with Crippen molar-refractivity contribution in [1.82, 2.24) is 5.43 Å². The number of carbonyl (C=O) groups excluding carboxylic acids is 1. The molecule has 0 aromatic heterocycles. The average Bonchev–Trinajstić information content (AvgIpc) is 3.06. The first-order valence-electron chi connectivity index (χ1n) is 7.20. The summed E-state index contributed by atoms with van der Waals surface area (Å²) in [6.07, 6.45) is 0. The number of phenolic OH excluding ortho intramolecular Hbond substituents is 1. The first-order valence-corrected chi connectivity index (χ1v) is 7.20. The lowest BCUT2D eigenvalue weighted by Crippen LogP contribution is -2.19. The van der Waals surface area contributed by atoms with E-state index in [1.54, 1.807) is 37.3 Å². The van der Waals surface area contributed by atoms with Crippen molar-refractivity contribution in [3.63, 3.8) is 0 Å². The summed E-state index contributed by atoms with van der Waals surface area (Å²) < 4.78 is 15.5. The first-order chi connectivity index (χ1) is 11.6. The lowest BCUT2D eigenvalue weighted by atomic mass is 10.1. The Morgan fingerprint density at radius 1 is 1.21 bits per heavy atom. The van der Waals surface area contributed by atoms with Gasteiger partial charge in [-0.1, -0.05) is 0 Å². The fraction of sp³-hybridized carbons (Fsp3) is 0.176. The third kappa shape index (κ3) is 3.10. The number of hydrogen-bond acceptors (Lipinski definition) is 6. The van der Waals surface area contributed by atoms with Crippen molar-refractivity contribution in [2.45, 2.75) is 6.92 Å². The molecule has 0 spiro atoms. The highest BCUT2D eigenvalue weighted by Crippen LogP contribution is 2.32. The molecule has 7 heteroatoms. The zero-order valence-electron chi connectivity index (χ0n) is 13.2. The molecule has 1 aliphatic heterocycles. The molecule has 2 N–H and O–H groups in total. The van der Waals surface area contributed by atoms with Crippen LogP contribution in [0, 0.1) is 0 Å². The van der Waals surface area contributed by atoms with Crippen LogP contribution in [0.3, 0.4) is 0 Å². The van der Waals surface area contributed by atoms with Crippen molar-refractivity contribution in [3.8, 4) is 23.0 Å². The molecule has 0 fully saturated rings. The van der Waals surface area contributed by atoms with E-state index in [1.807, 2.05) is 0 Å². The fourth-order valence-corrected chi connectivity index (χ4v) is 2.24. The molecule has 0 atom stereocenters. The van der Waals surface area contributed by atoms with Gasteiger partial charge in [0.05, 0.1) is 12.8 Å². The van der Waals surface area contributed by atoms with Crippen molar-refractivity contribution in [3.05, 3.63) is 47.5 Å². The predicted molar refractivity (Wildman–Crippen MR) is 86.9 cm³/mol. The van der Waals surface area contributed by atoms with Gasteiger partial charge < -0.3 is 19.3 Å². The zero-order valence-corrected chi connectivity index (χ0v) is 13.2. The lowest BCUT2D eigenvalue weighted by Gasteiger charge is -2.07. The van der Waals surface area contributed by atoms with E-state index in [1.165, 1.54) is 13.2 Å². The van der Waals surface area contributed by atoms with Crippen LogP contribution in [-0.4, -0.2) is 30.6 Å². The van der Waals surface area contributed by atoms with Gasteiger partial charge in [0.1, 0.15) is 11.5 Å². The molecule has 0 saturated carbocycles. The molecule has 0 aliphatic carbocycles. The van der Waals surface area contributed by atoms with E-state index < -0.39 is 0 Å². The number of fused-ring (bicyclic) bond motifs is 1. The van der Waals surface area contributed by atoms with E-state index in [0.717, 1.165) is 0 Å². The number of amides is 1. The Morgan fingerprint density at radius 3 is 2.75 bits per heavy atom. The minimum atomic E-state index is -0.388. The third-order valence-corrected chi connectivity index (χ3v) is 3.55. The van der Waals surface area contributed by atoms with Crippen molar-refractivity contribution in [2.24, 2.45) is 5.10 Å². The normalized spacial score (nSPS) is 12.8. The molecule has 1 aliphatic rings. The van der Waals surface area contributed by atoms with Crippen LogP contribution in [-0.2, 0) is 0 Å². The summed E-state index contributed by atoms with van der Waals surface area (Å²) in [6.45, 7) is 1.83. The summed E-state index contributed by atoms with van der Waals surface area (Å²) in [5, 5.41) is 14.0. The van der Waals surface area contributed by atoms with Crippen LogP contribution in [0.4, 0.5) is 0 Å². The average molecular weight is 328 g/mol. The number of hydrazone groups is 1. The summed E-state index contributed by atoms with van der Waals surface area (Å²) in [7, 11) is 1.51. The van der Waals surface area contributed by atoms with Crippen LogP contribution < -0.4 is 19.6 Å². The van der Waals surface area contributed by atoms with Crippen LogP contribution >= 0.6 is 0 Å². The second-order valence-corrected chi connectivity index (χ2v) is 5.09. The maximum Gasteiger partial charge on any atom is 0.271 e. The number of benzene rings is 2. The quantitative estimate of drug-likeness (QED) is 0.664. The number of nitrogens with one attached hydrogen (secondary N) is 1. The van der Waals surface area contributed by atoms with Crippen molar-refractivity contribution >= 4 is 11.6 Å². The highest BCUT2D eigenvalue weighted by Gasteiger charge is 2.16. The van der Waals surface area contributed by atoms with E-state index in [0.29, 0.717) is 34.1 Å². The zero-order chi connectivity index (χ0) is 17.1. The van der Waals surface area contributed by atoms with Crippen molar-refractivity contribution < 1.29 is 24.1 Å². The molecule has 2 aromatic rings. The Morgan fingerprint density at radius 2 is 2.00 bits per heavy atom. The van der Waals surface area contributed by atoms with Gasteiger partial charge in [-0.2, -0.15) is 5.10 Å². The number of ether oxygens (including phenoxy) is 3. The third-order valence-electron chi connectivity index (χ3n) is 3.55. The van der Waals surface area contributed by atoms with Gasteiger partial charge in [0.2, 0.25) is 6.79 Å². The number of phenols is 1. The number of hydrogen-bond donors (Lipinski definition) is 2. The van der Waals surface area contributed by atoms with Crippen LogP contribution in [0.15, 0.2) is 41.5 Å². The number of rotatable bonds is 4. The molecule has 0 bridgehead atoms. The molecule has 24 heavy (non-hydrogen) atoms. The monoisotopic (exact) mass is 328 g/mol. The molecule has 124 valence electrons. The predicted octanol–water partition coefficient (Wildman–Crippen LogP) is 2.28. The smallest absolute Gasteiger partial charge is 0.271 e. The Labute approximate surface area is 138 Å². The Balaban J connectivity index is 1.73. The van der Waals surface area contributed by atoms with E-state index >= 15 is 0 Å². The van der Waals surface area contributed by atoms with Crippen molar-refractivity contribution in [2.75, 3.05) is 13.9 Å². The minimum absolute atomic E-state index is 0.0212. The van der Waals surface area contributed by atoms with E-state index in [-0.39, 0.29) is 18.4 Å². The van der Waals surface area contributed by atoms with Gasteiger partial charge in [-0.3, -0.25) is 4.79 Å². The number of carbonyl (C=O) groups is 1. The maximum absolute atomic E-state index is 12.2. The molecular weight excluding hydrogens is 312 g/mol. The van der Waals surface area contributed by atoms with Gasteiger partial charge >= 0.3 is 0 Å². The van der Waals surface area contributed by atoms with Gasteiger partial charge in [0.15, 0.2) is 11.5 Å². The Bertz CT molecular complexity index is 817. The molecule has 2 aromatic carbocycles. The van der Waals surface area contributed by atoms with Gasteiger partial charge in [-0.05, 0) is 37.3 Å². The highest BCUT2D eigenvalue weighted by molar-refractivity contribution is 6.02. The summed E-state index contributed by atoms with van der Waals surface area (Å²) >= 11 is 0. The largest absolute Gasteiger partial charge is 0.507 e. The maximum atomic E-state index is 12.2. The molecule has 0 radical (unpaired) electrons. The Hall–Kier alpha value is -3.22. The second-order valence-electron chi connectivity index (χ2n) is 5.09. The van der Waals surface area contributed by atoms with E-state index in [9.17, 15) is 9.90 Å². The van der Waals surface area contributed by atoms with Gasteiger partial charge in [-0.15, -0.1) is 0 Å². The van der Waals surface area contributed by atoms with Gasteiger partial charge in [0, 0.05) is 17.2 Å². The lowest BCUT2D eigenvalue weighted by molar-refractivity contribution is 0.0954. The number of nitrogens with zero attached hydrogens (tertiary/aromatic N) is 1. The number of methoxy groups -OCH3 is 1. The van der Waals surface area contributed by atoms with Gasteiger partial charge in [0.25, 0.3) is 5.91 Å². The molecule has 1 amide bonds. The SMILES string of the molecule is COc1ccc(/C(C)=N/NC(=O)c2ccc3c(c2)OCO3)c(O)c1. The Kier molecular flexibility index (Phi) is 4.24. The van der Waals surface area contributed by atoms with Crippen LogP contribution in [0.5, 0.6) is 23.0 Å². The topological polar surface area (TPSA) is 89.4 Å².